The molecule has 3 rings (SSSR count). The van der Waals surface area contributed by atoms with E-state index in [4.69, 9.17) is 27.6 Å². The van der Waals surface area contributed by atoms with Crippen molar-refractivity contribution in [3.63, 3.8) is 0 Å². The average molecular weight is 333 g/mol. The summed E-state index contributed by atoms with van der Waals surface area (Å²) in [7, 11) is 0. The maximum absolute atomic E-state index is 6.15. The largest absolute Gasteiger partial charge is 0.455 e. The first-order chi connectivity index (χ1) is 10.7. The van der Waals surface area contributed by atoms with Gasteiger partial charge in [0.2, 0.25) is 0 Å². The third-order valence-corrected chi connectivity index (χ3v) is 4.04. The number of quaternary nitrogens is 1. The summed E-state index contributed by atoms with van der Waals surface area (Å²) in [6.07, 6.45) is 0. The number of hydrogen-bond acceptors (Lipinski definition) is 1. The predicted octanol–water partition coefficient (Wildman–Crippen LogP) is 4.52. The van der Waals surface area contributed by atoms with Gasteiger partial charge in [-0.3, -0.25) is 0 Å². The van der Waals surface area contributed by atoms with E-state index in [-0.39, 0.29) is 0 Å². The van der Waals surface area contributed by atoms with Gasteiger partial charge in [0, 0.05) is 21.2 Å². The van der Waals surface area contributed by atoms with Crippen molar-refractivity contribution in [2.75, 3.05) is 0 Å². The number of hydrogen-bond donors (Lipinski definition) is 1. The molecule has 0 fully saturated rings. The van der Waals surface area contributed by atoms with Gasteiger partial charge in [0.25, 0.3) is 0 Å². The third kappa shape index (κ3) is 3.72. The van der Waals surface area contributed by atoms with Gasteiger partial charge >= 0.3 is 0 Å². The van der Waals surface area contributed by atoms with E-state index < -0.39 is 0 Å². The first kappa shape index (κ1) is 15.2. The molecular formula is C18H16Cl2NO+. The Morgan fingerprint density at radius 2 is 1.73 bits per heavy atom. The van der Waals surface area contributed by atoms with Crippen molar-refractivity contribution in [3.8, 4) is 11.3 Å². The van der Waals surface area contributed by atoms with Gasteiger partial charge in [0.15, 0.2) is 5.76 Å². The molecule has 0 spiro atoms. The molecule has 3 aromatic rings. The highest BCUT2D eigenvalue weighted by molar-refractivity contribution is 6.31. The molecule has 0 bridgehead atoms. The van der Waals surface area contributed by atoms with Gasteiger partial charge in [-0.25, -0.2) is 0 Å². The normalized spacial score (nSPS) is 10.8. The van der Waals surface area contributed by atoms with Crippen LogP contribution in [0.2, 0.25) is 10.0 Å². The van der Waals surface area contributed by atoms with Crippen molar-refractivity contribution >= 4 is 23.2 Å². The summed E-state index contributed by atoms with van der Waals surface area (Å²) in [5.74, 6) is 1.77. The third-order valence-electron chi connectivity index (χ3n) is 3.44. The lowest BCUT2D eigenvalue weighted by molar-refractivity contribution is -0.687. The standard InChI is InChI=1S/C18H15Cl2NO/c19-15-6-3-5-13(10-15)18-9-8-16(22-18)12-21-11-14-4-1-2-7-17(14)20/h1-10,21H,11-12H2/p+1. The van der Waals surface area contributed by atoms with Crippen molar-refractivity contribution in [3.05, 3.63) is 82.0 Å². The van der Waals surface area contributed by atoms with Crippen LogP contribution >= 0.6 is 23.2 Å². The summed E-state index contributed by atoms with van der Waals surface area (Å²) in [6, 6.07) is 19.5. The second-order valence-corrected chi connectivity index (χ2v) is 5.91. The van der Waals surface area contributed by atoms with E-state index in [9.17, 15) is 0 Å². The van der Waals surface area contributed by atoms with Gasteiger partial charge in [-0.15, -0.1) is 0 Å². The lowest BCUT2D eigenvalue weighted by Gasteiger charge is -2.02. The molecule has 0 aliphatic rings. The number of nitrogens with two attached hydrogens (primary N) is 1. The smallest absolute Gasteiger partial charge is 0.158 e. The Balaban J connectivity index is 1.62. The molecule has 4 heteroatoms. The van der Waals surface area contributed by atoms with E-state index in [0.29, 0.717) is 5.02 Å². The molecule has 2 nitrogen and oxygen atoms in total. The van der Waals surface area contributed by atoms with Gasteiger partial charge in [0.1, 0.15) is 18.8 Å². The van der Waals surface area contributed by atoms with Crippen molar-refractivity contribution in [2.24, 2.45) is 0 Å². The second-order valence-electron chi connectivity index (χ2n) is 5.06. The highest BCUT2D eigenvalue weighted by atomic mass is 35.5. The summed E-state index contributed by atoms with van der Waals surface area (Å²) in [6.45, 7) is 1.60. The maximum Gasteiger partial charge on any atom is 0.158 e. The van der Waals surface area contributed by atoms with Crippen LogP contribution < -0.4 is 5.32 Å². The first-order valence-corrected chi connectivity index (χ1v) is 7.88. The lowest BCUT2D eigenvalue weighted by Crippen LogP contribution is -2.80. The van der Waals surface area contributed by atoms with Crippen LogP contribution in [0.4, 0.5) is 0 Å². The minimum atomic E-state index is 0.709. The highest BCUT2D eigenvalue weighted by Gasteiger charge is 2.07. The molecule has 0 saturated heterocycles. The Morgan fingerprint density at radius 3 is 2.55 bits per heavy atom. The van der Waals surface area contributed by atoms with Gasteiger partial charge in [-0.05, 0) is 30.3 Å². The Bertz CT molecular complexity index is 767. The Kier molecular flexibility index (Phi) is 4.84. The van der Waals surface area contributed by atoms with E-state index in [1.54, 1.807) is 0 Å². The zero-order valence-corrected chi connectivity index (χ0v) is 13.4. The molecule has 1 aromatic heterocycles. The Labute approximate surface area is 139 Å². The summed E-state index contributed by atoms with van der Waals surface area (Å²) in [5, 5.41) is 3.68. The van der Waals surface area contributed by atoms with Crippen LogP contribution in [0.5, 0.6) is 0 Å². The number of benzene rings is 2. The van der Waals surface area contributed by atoms with E-state index >= 15 is 0 Å². The molecule has 1 heterocycles. The molecular weight excluding hydrogens is 317 g/mol. The fraction of sp³-hybridized carbons (Fsp3) is 0.111. The van der Waals surface area contributed by atoms with Gasteiger partial charge < -0.3 is 9.73 Å². The van der Waals surface area contributed by atoms with E-state index in [0.717, 1.165) is 40.8 Å². The minimum absolute atomic E-state index is 0.709. The van der Waals surface area contributed by atoms with Crippen LogP contribution in [-0.2, 0) is 13.1 Å². The molecule has 2 aromatic carbocycles. The van der Waals surface area contributed by atoms with Crippen LogP contribution in [0.1, 0.15) is 11.3 Å². The average Bonchev–Trinajstić information content (AvgIpc) is 2.98. The van der Waals surface area contributed by atoms with Gasteiger partial charge in [0.05, 0.1) is 0 Å². The zero-order chi connectivity index (χ0) is 15.4. The molecule has 22 heavy (non-hydrogen) atoms. The SMILES string of the molecule is Clc1cccc(-c2ccc(C[NH2+]Cc3ccccc3Cl)o2)c1. The topological polar surface area (TPSA) is 29.8 Å². The Hall–Kier alpha value is -1.74. The van der Waals surface area contributed by atoms with Crippen LogP contribution in [0.25, 0.3) is 11.3 Å². The quantitative estimate of drug-likeness (QED) is 0.731. The fourth-order valence-corrected chi connectivity index (χ4v) is 2.72. The van der Waals surface area contributed by atoms with Gasteiger partial charge in [-0.2, -0.15) is 0 Å². The van der Waals surface area contributed by atoms with Crippen molar-refractivity contribution in [1.82, 2.24) is 0 Å². The van der Waals surface area contributed by atoms with Crippen LogP contribution in [0.15, 0.2) is 65.1 Å². The number of halogens is 2. The molecule has 112 valence electrons. The highest BCUT2D eigenvalue weighted by Crippen LogP contribution is 2.24. The molecule has 0 radical (unpaired) electrons. The van der Waals surface area contributed by atoms with Crippen LogP contribution in [-0.4, -0.2) is 0 Å². The van der Waals surface area contributed by atoms with Crippen LogP contribution in [0, 0.1) is 0 Å². The summed E-state index contributed by atoms with van der Waals surface area (Å²) in [5.41, 5.74) is 2.12. The second kappa shape index (κ2) is 7.01. The lowest BCUT2D eigenvalue weighted by atomic mass is 10.2. The molecule has 0 unspecified atom stereocenters. The molecule has 0 aliphatic heterocycles. The summed E-state index contributed by atoms with van der Waals surface area (Å²) < 4.78 is 5.87. The first-order valence-electron chi connectivity index (χ1n) is 7.12. The molecule has 0 amide bonds. The minimum Gasteiger partial charge on any atom is -0.455 e. The van der Waals surface area contributed by atoms with E-state index in [2.05, 4.69) is 5.32 Å². The number of rotatable bonds is 5. The number of furan rings is 1. The predicted molar refractivity (Wildman–Crippen MR) is 89.9 cm³/mol. The van der Waals surface area contributed by atoms with Crippen molar-refractivity contribution < 1.29 is 9.73 Å². The van der Waals surface area contributed by atoms with E-state index in [1.165, 1.54) is 0 Å². The van der Waals surface area contributed by atoms with Crippen molar-refractivity contribution in [1.29, 1.82) is 0 Å². The van der Waals surface area contributed by atoms with Crippen LogP contribution in [0.3, 0.4) is 0 Å². The summed E-state index contributed by atoms with van der Waals surface area (Å²) >= 11 is 12.2. The zero-order valence-electron chi connectivity index (χ0n) is 11.9. The van der Waals surface area contributed by atoms with E-state index in [1.807, 2.05) is 60.7 Å². The molecule has 0 saturated carbocycles. The Morgan fingerprint density at radius 1 is 0.864 bits per heavy atom. The monoisotopic (exact) mass is 332 g/mol. The van der Waals surface area contributed by atoms with Crippen molar-refractivity contribution in [2.45, 2.75) is 13.1 Å². The molecule has 0 atom stereocenters. The maximum atomic E-state index is 6.15. The fourth-order valence-electron chi connectivity index (χ4n) is 2.32. The molecule has 0 aliphatic carbocycles. The summed E-state index contributed by atoms with van der Waals surface area (Å²) in [4.78, 5) is 0. The molecule has 2 N–H and O–H groups in total. The van der Waals surface area contributed by atoms with Gasteiger partial charge in [-0.1, -0.05) is 53.5 Å².